The van der Waals surface area contributed by atoms with E-state index in [0.717, 1.165) is 9.87 Å². The summed E-state index contributed by atoms with van der Waals surface area (Å²) in [6, 6.07) is 23.2. The first-order valence-corrected chi connectivity index (χ1v) is 17.1. The van der Waals surface area contributed by atoms with E-state index in [9.17, 15) is 18.0 Å². The molecule has 0 spiro atoms. The van der Waals surface area contributed by atoms with Crippen LogP contribution in [-0.2, 0) is 32.6 Å². The van der Waals surface area contributed by atoms with Crippen molar-refractivity contribution in [2.45, 2.75) is 30.8 Å². The van der Waals surface area contributed by atoms with Gasteiger partial charge in [0, 0.05) is 40.6 Å². The number of anilines is 1. The summed E-state index contributed by atoms with van der Waals surface area (Å²) in [5.74, 6) is -0.538. The molecule has 4 aromatic carbocycles. The third-order valence-electron chi connectivity index (χ3n) is 7.31. The molecule has 47 heavy (non-hydrogen) atoms. The smallest absolute Gasteiger partial charge is 0.264 e. The van der Waals surface area contributed by atoms with Crippen LogP contribution in [0.4, 0.5) is 5.69 Å². The molecular weight excluding hydrogens is 685 g/mol. The second-order valence-electron chi connectivity index (χ2n) is 10.4. The Hall–Kier alpha value is -3.96. The van der Waals surface area contributed by atoms with Gasteiger partial charge in [0.2, 0.25) is 11.8 Å². The topological polar surface area (TPSA) is 105 Å². The number of carbonyl (C=O) groups is 2. The molecule has 4 rings (SSSR count). The van der Waals surface area contributed by atoms with Gasteiger partial charge in [-0.1, -0.05) is 71.2 Å². The number of nitrogens with zero attached hydrogens (tertiary/aromatic N) is 2. The number of halogens is 3. The average Bonchev–Trinajstić information content (AvgIpc) is 3.06. The lowest BCUT2D eigenvalue weighted by Gasteiger charge is -2.34. The van der Waals surface area contributed by atoms with Crippen molar-refractivity contribution < 1.29 is 27.5 Å². The highest BCUT2D eigenvalue weighted by atomic mass is 35.5. The third-order valence-corrected chi connectivity index (χ3v) is 9.92. The first-order chi connectivity index (χ1) is 22.5. The molecule has 0 aliphatic heterocycles. The fraction of sp³-hybridized carbons (Fsp3) is 0.235. The van der Waals surface area contributed by atoms with E-state index in [1.54, 1.807) is 25.1 Å². The molecule has 0 aromatic heterocycles. The Balaban J connectivity index is 1.83. The molecule has 248 valence electrons. The monoisotopic (exact) mass is 717 g/mol. The molecule has 4 aromatic rings. The normalized spacial score (nSPS) is 11.8. The lowest BCUT2D eigenvalue weighted by atomic mass is 10.0. The van der Waals surface area contributed by atoms with Crippen LogP contribution in [0.15, 0.2) is 95.9 Å². The molecule has 9 nitrogen and oxygen atoms in total. The summed E-state index contributed by atoms with van der Waals surface area (Å²) in [6.07, 6.45) is 0.160. The van der Waals surface area contributed by atoms with Crippen molar-refractivity contribution in [1.29, 1.82) is 0 Å². The van der Waals surface area contributed by atoms with Crippen LogP contribution in [0.25, 0.3) is 0 Å². The van der Waals surface area contributed by atoms with E-state index in [-0.39, 0.29) is 34.3 Å². The van der Waals surface area contributed by atoms with Gasteiger partial charge in [0.05, 0.1) is 24.8 Å². The lowest BCUT2D eigenvalue weighted by molar-refractivity contribution is -0.140. The van der Waals surface area contributed by atoms with E-state index in [0.29, 0.717) is 27.9 Å². The van der Waals surface area contributed by atoms with Crippen LogP contribution in [0, 0.1) is 0 Å². The minimum absolute atomic E-state index is 0.103. The number of rotatable bonds is 14. The Labute approximate surface area is 290 Å². The van der Waals surface area contributed by atoms with Gasteiger partial charge in [-0.2, -0.15) is 0 Å². The van der Waals surface area contributed by atoms with Crippen LogP contribution >= 0.6 is 34.8 Å². The van der Waals surface area contributed by atoms with Gasteiger partial charge in [-0.15, -0.1) is 0 Å². The van der Waals surface area contributed by atoms with Crippen molar-refractivity contribution in [3.05, 3.63) is 117 Å². The molecule has 0 aliphatic rings. The summed E-state index contributed by atoms with van der Waals surface area (Å²) in [5.41, 5.74) is 1.50. The van der Waals surface area contributed by atoms with E-state index in [1.165, 1.54) is 61.6 Å². The number of ether oxygens (including phenoxy) is 2. The molecule has 0 bridgehead atoms. The predicted molar refractivity (Wildman–Crippen MR) is 185 cm³/mol. The van der Waals surface area contributed by atoms with Crippen molar-refractivity contribution in [3.63, 3.8) is 0 Å². The second kappa shape index (κ2) is 16.2. The molecule has 0 heterocycles. The van der Waals surface area contributed by atoms with Crippen LogP contribution in [0.2, 0.25) is 15.1 Å². The standard InChI is InChI=1S/C34H34Cl3N3O6S/c1-4-38-34(42)30(18-23-8-6-5-7-9-23)39(21-24-10-11-26(36)19-29(24)37)33(41)22-40(27-14-12-25(35)13-15-27)47(43,44)28-16-17-31(45-2)32(20-28)46-3/h5-17,19-20,30H,4,18,21-22H2,1-3H3,(H,38,42)/t30-/m1/s1. The van der Waals surface area contributed by atoms with Crippen molar-refractivity contribution in [2.24, 2.45) is 0 Å². The third kappa shape index (κ3) is 8.90. The maximum atomic E-state index is 14.5. The minimum Gasteiger partial charge on any atom is -0.493 e. The number of nitrogens with one attached hydrogen (secondary N) is 1. The number of hydrogen-bond donors (Lipinski definition) is 1. The van der Waals surface area contributed by atoms with E-state index in [2.05, 4.69) is 5.32 Å². The molecule has 0 unspecified atom stereocenters. The van der Waals surface area contributed by atoms with Crippen LogP contribution < -0.4 is 19.1 Å². The maximum absolute atomic E-state index is 14.5. The van der Waals surface area contributed by atoms with E-state index >= 15 is 0 Å². The minimum atomic E-state index is -4.39. The summed E-state index contributed by atoms with van der Waals surface area (Å²) in [7, 11) is -1.56. The van der Waals surface area contributed by atoms with Crippen LogP contribution in [0.5, 0.6) is 11.5 Å². The number of amides is 2. The van der Waals surface area contributed by atoms with Crippen LogP contribution in [0.1, 0.15) is 18.1 Å². The van der Waals surface area contributed by atoms with Gasteiger partial charge in [0.1, 0.15) is 12.6 Å². The Morgan fingerprint density at radius 2 is 1.49 bits per heavy atom. The van der Waals surface area contributed by atoms with Crippen LogP contribution in [0.3, 0.4) is 0 Å². The fourth-order valence-corrected chi connectivity index (χ4v) is 6.94. The van der Waals surface area contributed by atoms with Gasteiger partial charge in [0.25, 0.3) is 10.0 Å². The summed E-state index contributed by atoms with van der Waals surface area (Å²) < 4.78 is 40.2. The lowest BCUT2D eigenvalue weighted by Crippen LogP contribution is -2.53. The molecule has 0 saturated heterocycles. The zero-order valence-electron chi connectivity index (χ0n) is 26.0. The quantitative estimate of drug-likeness (QED) is 0.157. The predicted octanol–water partition coefficient (Wildman–Crippen LogP) is 6.64. The second-order valence-corrected chi connectivity index (χ2v) is 13.5. The Morgan fingerprint density at radius 1 is 0.830 bits per heavy atom. The summed E-state index contributed by atoms with van der Waals surface area (Å²) >= 11 is 18.8. The highest BCUT2D eigenvalue weighted by Gasteiger charge is 2.35. The van der Waals surface area contributed by atoms with Crippen molar-refractivity contribution >= 4 is 62.3 Å². The zero-order valence-corrected chi connectivity index (χ0v) is 29.0. The number of hydrogen-bond acceptors (Lipinski definition) is 6. The van der Waals surface area contributed by atoms with Crippen LogP contribution in [-0.4, -0.2) is 58.5 Å². The highest BCUT2D eigenvalue weighted by molar-refractivity contribution is 7.92. The van der Waals surface area contributed by atoms with Gasteiger partial charge in [-0.25, -0.2) is 8.42 Å². The number of methoxy groups -OCH3 is 2. The van der Waals surface area contributed by atoms with Gasteiger partial charge in [-0.05, 0) is 66.6 Å². The van der Waals surface area contributed by atoms with Gasteiger partial charge in [-0.3, -0.25) is 13.9 Å². The Kier molecular flexibility index (Phi) is 12.4. The summed E-state index contributed by atoms with van der Waals surface area (Å²) in [5, 5.41) is 3.89. The molecular formula is C34H34Cl3N3O6S. The highest BCUT2D eigenvalue weighted by Crippen LogP contribution is 2.33. The zero-order chi connectivity index (χ0) is 34.1. The van der Waals surface area contributed by atoms with E-state index in [4.69, 9.17) is 44.3 Å². The summed E-state index contributed by atoms with van der Waals surface area (Å²) in [4.78, 5) is 29.4. The molecule has 0 fully saturated rings. The Bertz CT molecular complexity index is 1810. The van der Waals surface area contributed by atoms with Crippen molar-refractivity contribution in [2.75, 3.05) is 31.6 Å². The maximum Gasteiger partial charge on any atom is 0.264 e. The SMILES string of the molecule is CCNC(=O)[C@@H](Cc1ccccc1)N(Cc1ccc(Cl)cc1Cl)C(=O)CN(c1ccc(Cl)cc1)S(=O)(=O)c1ccc(OC)c(OC)c1. The largest absolute Gasteiger partial charge is 0.493 e. The number of carbonyl (C=O) groups excluding carboxylic acids is 2. The first-order valence-electron chi connectivity index (χ1n) is 14.5. The molecule has 13 heteroatoms. The molecule has 2 amide bonds. The van der Waals surface area contributed by atoms with E-state index < -0.39 is 34.4 Å². The van der Waals surface area contributed by atoms with Gasteiger partial charge < -0.3 is 19.7 Å². The first kappa shape index (κ1) is 35.9. The van der Waals surface area contributed by atoms with Gasteiger partial charge in [0.15, 0.2) is 11.5 Å². The molecule has 1 N–H and O–H groups in total. The Morgan fingerprint density at radius 3 is 2.11 bits per heavy atom. The van der Waals surface area contributed by atoms with Crippen molar-refractivity contribution in [1.82, 2.24) is 10.2 Å². The number of likely N-dealkylation sites (N-methyl/N-ethyl adjacent to an activating group) is 1. The summed E-state index contributed by atoms with van der Waals surface area (Å²) in [6.45, 7) is 1.33. The van der Waals surface area contributed by atoms with E-state index in [1.807, 2.05) is 30.3 Å². The number of sulfonamides is 1. The molecule has 0 radical (unpaired) electrons. The molecule has 0 saturated carbocycles. The molecule has 1 atom stereocenters. The average molecular weight is 719 g/mol. The fourth-order valence-electron chi connectivity index (χ4n) is 4.92. The van der Waals surface area contributed by atoms with Crippen molar-refractivity contribution in [3.8, 4) is 11.5 Å². The number of benzene rings is 4. The van der Waals surface area contributed by atoms with Gasteiger partial charge >= 0.3 is 0 Å². The molecule has 0 aliphatic carbocycles.